The SMILES string of the molecule is CCOC(=O)C1=C(C)N=c2s/c(=C\c3ccc(O)cc3)c(=O)n2[C@@H]1c1ccc(F)cc1. The number of esters is 1. The Labute approximate surface area is 180 Å². The number of hydrogen-bond acceptors (Lipinski definition) is 6. The lowest BCUT2D eigenvalue weighted by Gasteiger charge is -2.24. The van der Waals surface area contributed by atoms with Crippen molar-refractivity contribution in [1.82, 2.24) is 4.57 Å². The Kier molecular flexibility index (Phi) is 5.56. The van der Waals surface area contributed by atoms with E-state index in [2.05, 4.69) is 4.99 Å². The number of halogens is 1. The van der Waals surface area contributed by atoms with Crippen LogP contribution >= 0.6 is 11.3 Å². The van der Waals surface area contributed by atoms with Crippen LogP contribution < -0.4 is 14.9 Å². The predicted molar refractivity (Wildman–Crippen MR) is 115 cm³/mol. The zero-order chi connectivity index (χ0) is 22.1. The Balaban J connectivity index is 1.94. The number of allylic oxidation sites excluding steroid dienone is 1. The lowest BCUT2D eigenvalue weighted by molar-refractivity contribution is -0.139. The molecule has 0 saturated carbocycles. The van der Waals surface area contributed by atoms with Gasteiger partial charge in [-0.3, -0.25) is 9.36 Å². The van der Waals surface area contributed by atoms with Crippen LogP contribution in [0.1, 0.15) is 31.0 Å². The molecule has 1 aliphatic rings. The summed E-state index contributed by atoms with van der Waals surface area (Å²) >= 11 is 1.20. The van der Waals surface area contributed by atoms with Gasteiger partial charge in [0.05, 0.1) is 28.5 Å². The summed E-state index contributed by atoms with van der Waals surface area (Å²) in [6.45, 7) is 3.57. The first-order valence-corrected chi connectivity index (χ1v) is 10.4. The third-order valence-electron chi connectivity index (χ3n) is 4.89. The van der Waals surface area contributed by atoms with E-state index in [9.17, 15) is 19.1 Å². The molecule has 3 aromatic rings. The maximum Gasteiger partial charge on any atom is 0.338 e. The van der Waals surface area contributed by atoms with Crippen molar-refractivity contribution in [2.75, 3.05) is 6.61 Å². The van der Waals surface area contributed by atoms with E-state index < -0.39 is 17.8 Å². The van der Waals surface area contributed by atoms with Crippen LogP contribution in [0.3, 0.4) is 0 Å². The third-order valence-corrected chi connectivity index (χ3v) is 5.88. The summed E-state index contributed by atoms with van der Waals surface area (Å²) in [7, 11) is 0. The highest BCUT2D eigenvalue weighted by Crippen LogP contribution is 2.30. The molecule has 0 amide bonds. The van der Waals surface area contributed by atoms with Crippen LogP contribution in [0, 0.1) is 5.82 Å². The Bertz CT molecular complexity index is 1350. The molecule has 2 aromatic carbocycles. The number of thiazole rings is 1. The molecule has 0 saturated heterocycles. The number of carbonyl (C=O) groups excluding carboxylic acids is 1. The molecule has 1 atom stereocenters. The van der Waals surface area contributed by atoms with Crippen molar-refractivity contribution in [3.63, 3.8) is 0 Å². The van der Waals surface area contributed by atoms with E-state index in [0.717, 1.165) is 5.56 Å². The van der Waals surface area contributed by atoms with Crippen LogP contribution in [0.2, 0.25) is 0 Å². The standard InChI is InChI=1S/C23H19FN2O4S/c1-3-30-22(29)19-13(2)25-23-26(20(19)15-6-8-16(24)9-7-15)21(28)18(31-23)12-14-4-10-17(27)11-5-14/h4-12,20,27H,3H2,1-2H3/b18-12-/t20-/m1/s1. The van der Waals surface area contributed by atoms with Crippen molar-refractivity contribution in [2.24, 2.45) is 4.99 Å². The number of rotatable bonds is 4. The second-order valence-corrected chi connectivity index (χ2v) is 7.95. The van der Waals surface area contributed by atoms with Gasteiger partial charge in [-0.2, -0.15) is 0 Å². The maximum atomic E-state index is 13.5. The molecule has 4 rings (SSSR count). The third kappa shape index (κ3) is 3.94. The van der Waals surface area contributed by atoms with Gasteiger partial charge in [0.15, 0.2) is 4.80 Å². The molecular formula is C23H19FN2O4S. The van der Waals surface area contributed by atoms with Crippen molar-refractivity contribution in [3.05, 3.63) is 96.4 Å². The lowest BCUT2D eigenvalue weighted by atomic mass is 9.96. The number of aromatic hydroxyl groups is 1. The van der Waals surface area contributed by atoms with Gasteiger partial charge in [-0.05, 0) is 55.3 Å². The van der Waals surface area contributed by atoms with E-state index in [-0.39, 0.29) is 23.5 Å². The smallest absolute Gasteiger partial charge is 0.338 e. The van der Waals surface area contributed by atoms with Crippen LogP contribution in [0.4, 0.5) is 4.39 Å². The largest absolute Gasteiger partial charge is 0.508 e. The summed E-state index contributed by atoms with van der Waals surface area (Å²) in [5.41, 5.74) is 1.70. The van der Waals surface area contributed by atoms with Gasteiger partial charge in [0.2, 0.25) is 0 Å². The first kappa shape index (κ1) is 20.7. The number of aromatic nitrogens is 1. The summed E-state index contributed by atoms with van der Waals surface area (Å²) < 4.78 is 20.6. The average Bonchev–Trinajstić information content (AvgIpc) is 3.04. The zero-order valence-electron chi connectivity index (χ0n) is 16.8. The molecule has 0 unspecified atom stereocenters. The zero-order valence-corrected chi connectivity index (χ0v) is 17.6. The van der Waals surface area contributed by atoms with Gasteiger partial charge in [-0.15, -0.1) is 0 Å². The van der Waals surface area contributed by atoms with Crippen molar-refractivity contribution >= 4 is 23.4 Å². The quantitative estimate of drug-likeness (QED) is 0.635. The number of hydrogen-bond donors (Lipinski definition) is 1. The Morgan fingerprint density at radius 1 is 1.23 bits per heavy atom. The molecule has 0 radical (unpaired) electrons. The second-order valence-electron chi connectivity index (χ2n) is 6.95. The molecule has 0 fully saturated rings. The van der Waals surface area contributed by atoms with Crippen LogP contribution in [0.25, 0.3) is 6.08 Å². The summed E-state index contributed by atoms with van der Waals surface area (Å²) in [5.74, 6) is -0.850. The fourth-order valence-corrected chi connectivity index (χ4v) is 4.52. The first-order chi connectivity index (χ1) is 14.9. The Morgan fingerprint density at radius 3 is 2.55 bits per heavy atom. The minimum atomic E-state index is -0.780. The summed E-state index contributed by atoms with van der Waals surface area (Å²) in [5, 5.41) is 9.48. The lowest BCUT2D eigenvalue weighted by Crippen LogP contribution is -2.39. The fraction of sp³-hybridized carbons (Fsp3) is 0.174. The van der Waals surface area contributed by atoms with Crippen LogP contribution in [-0.4, -0.2) is 22.2 Å². The molecule has 31 heavy (non-hydrogen) atoms. The minimum absolute atomic E-state index is 0.129. The molecule has 8 heteroatoms. The highest BCUT2D eigenvalue weighted by atomic mass is 32.1. The molecule has 6 nitrogen and oxygen atoms in total. The molecule has 158 valence electrons. The van der Waals surface area contributed by atoms with Crippen LogP contribution in [0.5, 0.6) is 5.75 Å². The Morgan fingerprint density at radius 2 is 1.90 bits per heavy atom. The molecule has 0 spiro atoms. The Hall–Kier alpha value is -3.52. The molecule has 1 N–H and O–H groups in total. The highest BCUT2D eigenvalue weighted by molar-refractivity contribution is 7.07. The average molecular weight is 438 g/mol. The van der Waals surface area contributed by atoms with Gasteiger partial charge in [-0.1, -0.05) is 35.6 Å². The van der Waals surface area contributed by atoms with Gasteiger partial charge in [-0.25, -0.2) is 14.2 Å². The molecule has 2 heterocycles. The number of fused-ring (bicyclic) bond motifs is 1. The number of benzene rings is 2. The number of nitrogens with zero attached hydrogens (tertiary/aromatic N) is 2. The molecule has 0 aliphatic carbocycles. The molecular weight excluding hydrogens is 419 g/mol. The number of phenols is 1. The normalized spacial score (nSPS) is 16.1. The first-order valence-electron chi connectivity index (χ1n) is 9.63. The maximum absolute atomic E-state index is 13.5. The molecule has 0 bridgehead atoms. The van der Waals surface area contributed by atoms with Gasteiger partial charge in [0.25, 0.3) is 5.56 Å². The number of carbonyl (C=O) groups is 1. The number of ether oxygens (including phenoxy) is 1. The second kappa shape index (κ2) is 8.31. The van der Waals surface area contributed by atoms with Gasteiger partial charge < -0.3 is 9.84 Å². The monoisotopic (exact) mass is 438 g/mol. The number of phenolic OH excluding ortho intramolecular Hbond substituents is 1. The summed E-state index contributed by atoms with van der Waals surface area (Å²) in [6.07, 6.45) is 1.70. The fourth-order valence-electron chi connectivity index (χ4n) is 3.47. The van der Waals surface area contributed by atoms with E-state index in [0.29, 0.717) is 20.6 Å². The van der Waals surface area contributed by atoms with Crippen molar-refractivity contribution in [1.29, 1.82) is 0 Å². The molecule has 1 aliphatic heterocycles. The van der Waals surface area contributed by atoms with Crippen LogP contribution in [0.15, 0.2) is 69.6 Å². The minimum Gasteiger partial charge on any atom is -0.508 e. The van der Waals surface area contributed by atoms with E-state index in [1.165, 1.54) is 40.2 Å². The summed E-state index contributed by atoms with van der Waals surface area (Å²) in [4.78, 5) is 31.0. The highest BCUT2D eigenvalue weighted by Gasteiger charge is 2.33. The predicted octanol–water partition coefficient (Wildman–Crippen LogP) is 2.64. The molecule has 1 aromatic heterocycles. The van der Waals surface area contributed by atoms with Crippen molar-refractivity contribution in [2.45, 2.75) is 19.9 Å². The van der Waals surface area contributed by atoms with E-state index in [1.54, 1.807) is 44.2 Å². The van der Waals surface area contributed by atoms with Gasteiger partial charge >= 0.3 is 5.97 Å². The van der Waals surface area contributed by atoms with Gasteiger partial charge in [0, 0.05) is 0 Å². The van der Waals surface area contributed by atoms with Crippen molar-refractivity contribution < 1.29 is 19.0 Å². The van der Waals surface area contributed by atoms with Gasteiger partial charge in [0.1, 0.15) is 11.6 Å². The van der Waals surface area contributed by atoms with E-state index in [4.69, 9.17) is 4.74 Å². The van der Waals surface area contributed by atoms with E-state index >= 15 is 0 Å². The van der Waals surface area contributed by atoms with Crippen molar-refractivity contribution in [3.8, 4) is 5.75 Å². The van der Waals surface area contributed by atoms with E-state index in [1.807, 2.05) is 0 Å². The van der Waals surface area contributed by atoms with Crippen LogP contribution in [-0.2, 0) is 9.53 Å². The topological polar surface area (TPSA) is 80.9 Å². The summed E-state index contributed by atoms with van der Waals surface area (Å²) in [6, 6.07) is 11.4.